The van der Waals surface area contributed by atoms with Gasteiger partial charge >= 0.3 is 0 Å². The van der Waals surface area contributed by atoms with Crippen LogP contribution in [0.1, 0.15) is 32.9 Å². The molecule has 27 heavy (non-hydrogen) atoms. The summed E-state index contributed by atoms with van der Waals surface area (Å²) < 4.78 is 31.3. The first-order chi connectivity index (χ1) is 12.3. The fraction of sp³-hybridized carbons (Fsp3) is 0.765. The Balaban J connectivity index is 0.00000261. The van der Waals surface area contributed by atoms with Crippen molar-refractivity contribution in [2.45, 2.75) is 32.9 Å². The quantitative estimate of drug-likeness (QED) is 0.356. The number of aliphatic imine (C=N–C) groups is 1. The number of hydrogen-bond donors (Lipinski definition) is 1. The second kappa shape index (κ2) is 9.08. The monoisotopic (exact) mass is 511 g/mol. The number of sulfonamides is 1. The molecule has 0 spiro atoms. The first-order valence-electron chi connectivity index (χ1n) is 9.22. The van der Waals surface area contributed by atoms with Crippen LogP contribution in [0.3, 0.4) is 0 Å². The summed E-state index contributed by atoms with van der Waals surface area (Å²) in [5.74, 6) is 1.43. The van der Waals surface area contributed by atoms with Crippen LogP contribution >= 0.6 is 24.0 Å². The summed E-state index contributed by atoms with van der Waals surface area (Å²) in [6.07, 6.45) is 2.62. The zero-order chi connectivity index (χ0) is 18.8. The molecule has 1 saturated heterocycles. The zero-order valence-electron chi connectivity index (χ0n) is 16.2. The van der Waals surface area contributed by atoms with Crippen LogP contribution in [0.4, 0.5) is 0 Å². The van der Waals surface area contributed by atoms with Gasteiger partial charge in [0.1, 0.15) is 12.0 Å². The summed E-state index contributed by atoms with van der Waals surface area (Å²) in [7, 11) is -3.37. The second-order valence-electron chi connectivity index (χ2n) is 7.72. The van der Waals surface area contributed by atoms with Crippen LogP contribution in [0.5, 0.6) is 0 Å². The third-order valence-corrected chi connectivity index (χ3v) is 7.08. The van der Waals surface area contributed by atoms with Gasteiger partial charge in [0, 0.05) is 45.3 Å². The van der Waals surface area contributed by atoms with Gasteiger partial charge in [0.15, 0.2) is 5.96 Å². The number of nitrogens with zero attached hydrogens (tertiary/aromatic N) is 4. The highest BCUT2D eigenvalue weighted by atomic mass is 127. The second-order valence-corrected chi connectivity index (χ2v) is 9.69. The average molecular weight is 511 g/mol. The molecule has 1 atom stereocenters. The Morgan fingerprint density at radius 1 is 1.37 bits per heavy atom. The molecule has 3 rings (SSSR count). The van der Waals surface area contributed by atoms with E-state index in [9.17, 15) is 8.42 Å². The van der Waals surface area contributed by atoms with Gasteiger partial charge in [0.05, 0.1) is 5.69 Å². The third-order valence-electron chi connectivity index (χ3n) is 5.27. The molecule has 0 amide bonds. The van der Waals surface area contributed by atoms with E-state index in [0.29, 0.717) is 43.2 Å². The van der Waals surface area contributed by atoms with Gasteiger partial charge in [-0.25, -0.2) is 8.42 Å². The average Bonchev–Trinajstić information content (AvgIpc) is 2.96. The number of halogens is 1. The van der Waals surface area contributed by atoms with Gasteiger partial charge in [0.2, 0.25) is 10.0 Å². The Hall–Kier alpha value is -0.880. The maximum Gasteiger partial charge on any atom is 0.220 e. The lowest BCUT2D eigenvalue weighted by Gasteiger charge is -2.35. The predicted octanol–water partition coefficient (Wildman–Crippen LogP) is 1.75. The molecule has 10 heteroatoms. The molecular weight excluding hydrogens is 481 g/mol. The molecule has 1 N–H and O–H groups in total. The van der Waals surface area contributed by atoms with Gasteiger partial charge in [-0.2, -0.15) is 4.31 Å². The van der Waals surface area contributed by atoms with E-state index in [1.807, 2.05) is 0 Å². The smallest absolute Gasteiger partial charge is 0.220 e. The van der Waals surface area contributed by atoms with Crippen molar-refractivity contribution < 1.29 is 12.9 Å². The van der Waals surface area contributed by atoms with Gasteiger partial charge in [0.25, 0.3) is 0 Å². The molecule has 0 aromatic carbocycles. The van der Waals surface area contributed by atoms with Crippen molar-refractivity contribution in [2.75, 3.05) is 39.3 Å². The van der Waals surface area contributed by atoms with Crippen molar-refractivity contribution in [1.82, 2.24) is 19.7 Å². The minimum Gasteiger partial charge on any atom is -0.364 e. The standard InChI is InChI=1S/C17H29N5O3S.HI/c1-4-18-16(19-12-14-11-17(14,2)3)21-6-8-22(9-7-21)26(23,24)13-15-5-10-25-20-15;/h5,10,14H,4,6-9,11-13H2,1-3H3,(H,18,19);1H. The molecule has 1 unspecified atom stereocenters. The van der Waals surface area contributed by atoms with E-state index in [1.165, 1.54) is 17.0 Å². The number of nitrogens with one attached hydrogen (secondary N) is 1. The maximum atomic E-state index is 12.5. The number of aromatic nitrogens is 1. The molecule has 1 aliphatic heterocycles. The lowest BCUT2D eigenvalue weighted by molar-refractivity contribution is 0.259. The number of rotatable bonds is 6. The Morgan fingerprint density at radius 2 is 2.04 bits per heavy atom. The van der Waals surface area contributed by atoms with E-state index < -0.39 is 10.0 Å². The molecular formula is C17H30IN5O3S. The summed E-state index contributed by atoms with van der Waals surface area (Å²) in [6.45, 7) is 10.4. The van der Waals surface area contributed by atoms with Crippen LogP contribution in [0, 0.1) is 11.3 Å². The summed E-state index contributed by atoms with van der Waals surface area (Å²) in [6, 6.07) is 1.59. The largest absolute Gasteiger partial charge is 0.364 e. The summed E-state index contributed by atoms with van der Waals surface area (Å²) in [5, 5.41) is 7.04. The van der Waals surface area contributed by atoms with Crippen molar-refractivity contribution in [2.24, 2.45) is 16.3 Å². The van der Waals surface area contributed by atoms with Gasteiger partial charge < -0.3 is 14.7 Å². The number of piperazine rings is 1. The highest BCUT2D eigenvalue weighted by Gasteiger charge is 2.45. The summed E-state index contributed by atoms with van der Waals surface area (Å²) >= 11 is 0. The van der Waals surface area contributed by atoms with Gasteiger partial charge in [-0.15, -0.1) is 24.0 Å². The molecule has 2 fully saturated rings. The highest BCUT2D eigenvalue weighted by Crippen LogP contribution is 2.51. The molecule has 0 bridgehead atoms. The zero-order valence-corrected chi connectivity index (χ0v) is 19.4. The highest BCUT2D eigenvalue weighted by molar-refractivity contribution is 14.0. The van der Waals surface area contributed by atoms with Crippen molar-refractivity contribution in [1.29, 1.82) is 0 Å². The van der Waals surface area contributed by atoms with Gasteiger partial charge in [-0.3, -0.25) is 4.99 Å². The van der Waals surface area contributed by atoms with E-state index in [-0.39, 0.29) is 29.7 Å². The molecule has 0 radical (unpaired) electrons. The molecule has 2 aliphatic rings. The molecule has 1 saturated carbocycles. The normalized spacial score (nSPS) is 23.0. The van der Waals surface area contributed by atoms with E-state index in [1.54, 1.807) is 6.07 Å². The summed E-state index contributed by atoms with van der Waals surface area (Å²) in [5.41, 5.74) is 0.851. The number of guanidine groups is 1. The van der Waals surface area contributed by atoms with Crippen molar-refractivity contribution in [3.8, 4) is 0 Å². The first-order valence-corrected chi connectivity index (χ1v) is 10.8. The molecule has 1 aliphatic carbocycles. The van der Waals surface area contributed by atoms with E-state index in [2.05, 4.69) is 36.1 Å². The van der Waals surface area contributed by atoms with E-state index in [4.69, 9.17) is 9.52 Å². The maximum absolute atomic E-state index is 12.5. The molecule has 1 aromatic rings. The Bertz CT molecular complexity index is 728. The number of hydrogen-bond acceptors (Lipinski definition) is 5. The molecule has 1 aromatic heterocycles. The van der Waals surface area contributed by atoms with Crippen molar-refractivity contribution >= 4 is 40.0 Å². The van der Waals surface area contributed by atoms with Crippen molar-refractivity contribution in [3.05, 3.63) is 18.0 Å². The lowest BCUT2D eigenvalue weighted by Crippen LogP contribution is -2.54. The van der Waals surface area contributed by atoms with Crippen LogP contribution in [0.25, 0.3) is 0 Å². The molecule has 8 nitrogen and oxygen atoms in total. The predicted molar refractivity (Wildman–Crippen MR) is 116 cm³/mol. The topological polar surface area (TPSA) is 91.0 Å². The van der Waals surface area contributed by atoms with Crippen LogP contribution in [-0.4, -0.2) is 68.0 Å². The Morgan fingerprint density at radius 3 is 2.56 bits per heavy atom. The minimum atomic E-state index is -3.37. The van der Waals surface area contributed by atoms with Gasteiger partial charge in [-0.1, -0.05) is 19.0 Å². The lowest BCUT2D eigenvalue weighted by atomic mass is 10.1. The summed E-state index contributed by atoms with van der Waals surface area (Å²) in [4.78, 5) is 6.94. The molecule has 2 heterocycles. The Labute approximate surface area is 178 Å². The third kappa shape index (κ3) is 5.80. The Kier molecular flexibility index (Phi) is 7.54. The van der Waals surface area contributed by atoms with Crippen LogP contribution in [0.2, 0.25) is 0 Å². The van der Waals surface area contributed by atoms with Crippen LogP contribution in [0.15, 0.2) is 21.8 Å². The van der Waals surface area contributed by atoms with Crippen molar-refractivity contribution in [3.63, 3.8) is 0 Å². The minimum absolute atomic E-state index is 0. The van der Waals surface area contributed by atoms with Crippen LogP contribution < -0.4 is 5.32 Å². The van der Waals surface area contributed by atoms with Crippen LogP contribution in [-0.2, 0) is 15.8 Å². The van der Waals surface area contributed by atoms with Gasteiger partial charge in [-0.05, 0) is 24.7 Å². The SMILES string of the molecule is CCNC(=NCC1CC1(C)C)N1CCN(S(=O)(=O)Cc2ccon2)CC1.I. The fourth-order valence-electron chi connectivity index (χ4n) is 3.28. The van der Waals surface area contributed by atoms with E-state index in [0.717, 1.165) is 19.0 Å². The fourth-order valence-corrected chi connectivity index (χ4v) is 4.70. The molecule has 154 valence electrons. The first kappa shape index (κ1) is 22.4. The van der Waals surface area contributed by atoms with E-state index >= 15 is 0 Å².